The van der Waals surface area contributed by atoms with Gasteiger partial charge >= 0.3 is 5.97 Å². The number of Topliss-reactive ketones (excluding diaryl/α,β-unsaturated/α-hetero) is 1. The Labute approximate surface area is 317 Å². The van der Waals surface area contributed by atoms with Crippen molar-refractivity contribution < 1.29 is 43.7 Å². The normalized spacial score (nSPS) is 25.9. The topological polar surface area (TPSA) is 200 Å². The maximum atomic E-state index is 13.8. The summed E-state index contributed by atoms with van der Waals surface area (Å²) in [5.41, 5.74) is 0. The van der Waals surface area contributed by atoms with Crippen LogP contribution in [-0.4, -0.2) is 88.6 Å². The van der Waals surface area contributed by atoms with Crippen molar-refractivity contribution in [3.63, 3.8) is 0 Å². The van der Waals surface area contributed by atoms with Crippen molar-refractivity contribution in [3.05, 3.63) is 12.2 Å². The summed E-state index contributed by atoms with van der Waals surface area (Å²) < 4.78 is 5.98. The van der Waals surface area contributed by atoms with Crippen LogP contribution in [0.15, 0.2) is 12.2 Å². The van der Waals surface area contributed by atoms with E-state index in [1.165, 1.54) is 26.2 Å². The lowest BCUT2D eigenvalue weighted by molar-refractivity contribution is -0.156. The first-order chi connectivity index (χ1) is 25.0. The molecule has 8 unspecified atom stereocenters. The zero-order valence-corrected chi connectivity index (χ0v) is 33.6. The van der Waals surface area contributed by atoms with Crippen molar-refractivity contribution in [1.82, 2.24) is 21.3 Å². The molecule has 304 valence electrons. The quantitative estimate of drug-likeness (QED) is 0.0722. The summed E-state index contributed by atoms with van der Waals surface area (Å²) in [4.78, 5) is 81.6. The second-order valence-corrected chi connectivity index (χ2v) is 15.6. The predicted octanol–water partition coefficient (Wildman–Crippen LogP) is 4.02. The lowest BCUT2D eigenvalue weighted by Crippen LogP contribution is -2.56. The molecule has 0 aromatic carbocycles. The van der Waals surface area contributed by atoms with Gasteiger partial charge in [-0.2, -0.15) is 0 Å². The van der Waals surface area contributed by atoms with Crippen molar-refractivity contribution in [2.45, 2.75) is 175 Å². The molecular formula is C40H70N4O9. The molecule has 1 heterocycles. The van der Waals surface area contributed by atoms with Crippen LogP contribution in [0, 0.1) is 23.7 Å². The summed E-state index contributed by atoms with van der Waals surface area (Å²) in [6.45, 7) is 13.9. The van der Waals surface area contributed by atoms with Crippen LogP contribution < -0.4 is 21.3 Å². The highest BCUT2D eigenvalue weighted by atomic mass is 16.5. The molecule has 1 aliphatic rings. The number of ketones is 1. The van der Waals surface area contributed by atoms with Crippen LogP contribution in [0.2, 0.25) is 0 Å². The van der Waals surface area contributed by atoms with Crippen molar-refractivity contribution in [2.24, 2.45) is 23.7 Å². The monoisotopic (exact) mass is 751 g/mol. The van der Waals surface area contributed by atoms with Gasteiger partial charge in [0, 0.05) is 6.42 Å². The number of unbranched alkanes of at least 4 members (excludes halogenated alkanes) is 5. The van der Waals surface area contributed by atoms with Crippen LogP contribution in [0.1, 0.15) is 139 Å². The number of carbonyl (C=O) groups is 6. The molecule has 1 rings (SSSR count). The van der Waals surface area contributed by atoms with E-state index < -0.39 is 90.7 Å². The standard InChI is InChI=1S/C40H70N4O9/c1-9-11-12-13-14-15-16-17-18-19-29-22-35(48)41-31(20-25(3)4)38(50)43-33(24-45)34(47)23-30(28(8)46)37(49)42-32(21-26(5)6)39(51)44-36(27(7)10-2)40(52)53-29/h15-16,25-33,36,45-46H,9-14,17-24H2,1-8H3,(H,41,48)(H,42,49)(H,43,50)(H,44,51). The zero-order chi connectivity index (χ0) is 40.1. The number of nitrogens with one attached hydrogen (secondary N) is 4. The molecule has 1 aliphatic heterocycles. The van der Waals surface area contributed by atoms with Crippen molar-refractivity contribution >= 4 is 35.4 Å². The van der Waals surface area contributed by atoms with Crippen LogP contribution in [-0.2, 0) is 33.5 Å². The maximum absolute atomic E-state index is 13.8. The molecule has 6 N–H and O–H groups in total. The summed E-state index contributed by atoms with van der Waals surface area (Å²) in [6.07, 6.45) is 9.56. The number of cyclic esters (lactones) is 1. The Morgan fingerprint density at radius 3 is 1.83 bits per heavy atom. The lowest BCUT2D eigenvalue weighted by atomic mass is 9.92. The number of rotatable bonds is 17. The Balaban J connectivity index is 3.56. The van der Waals surface area contributed by atoms with Crippen molar-refractivity contribution in [3.8, 4) is 0 Å². The Bertz CT molecular complexity index is 1190. The van der Waals surface area contributed by atoms with Gasteiger partial charge in [0.05, 0.1) is 25.0 Å². The molecule has 0 bridgehead atoms. The zero-order valence-electron chi connectivity index (χ0n) is 33.6. The average molecular weight is 751 g/mol. The number of amides is 4. The van der Waals surface area contributed by atoms with Gasteiger partial charge in [0.15, 0.2) is 5.78 Å². The third-order valence-electron chi connectivity index (χ3n) is 9.68. The van der Waals surface area contributed by atoms with Gasteiger partial charge in [-0.15, -0.1) is 0 Å². The highest BCUT2D eigenvalue weighted by molar-refractivity contribution is 5.96. The molecular weight excluding hydrogens is 680 g/mol. The van der Waals surface area contributed by atoms with E-state index in [1.807, 2.05) is 34.6 Å². The van der Waals surface area contributed by atoms with Crippen LogP contribution >= 0.6 is 0 Å². The fourth-order valence-corrected chi connectivity index (χ4v) is 6.24. The van der Waals surface area contributed by atoms with Gasteiger partial charge in [0.1, 0.15) is 30.3 Å². The first kappa shape index (κ1) is 47.7. The van der Waals surface area contributed by atoms with E-state index in [9.17, 15) is 39.0 Å². The number of hydrogen-bond acceptors (Lipinski definition) is 9. The largest absolute Gasteiger partial charge is 0.460 e. The molecule has 53 heavy (non-hydrogen) atoms. The maximum Gasteiger partial charge on any atom is 0.329 e. The Morgan fingerprint density at radius 2 is 1.28 bits per heavy atom. The smallest absolute Gasteiger partial charge is 0.329 e. The fourth-order valence-electron chi connectivity index (χ4n) is 6.24. The minimum atomic E-state index is -1.41. The molecule has 1 saturated heterocycles. The van der Waals surface area contributed by atoms with E-state index >= 15 is 0 Å². The SMILES string of the molecule is CCCCCCC=CCCCC1CC(=O)NC(CC(C)C)C(=O)NC(CO)C(=O)CC(C(C)O)C(=O)NC(CC(C)C)C(=O)NC(C(C)CC)C(=O)O1. The van der Waals surface area contributed by atoms with Crippen LogP contribution in [0.25, 0.3) is 0 Å². The minimum Gasteiger partial charge on any atom is -0.460 e. The van der Waals surface area contributed by atoms with Crippen LogP contribution in [0.5, 0.6) is 0 Å². The molecule has 0 saturated carbocycles. The number of aliphatic hydroxyl groups is 2. The molecule has 0 radical (unpaired) electrons. The molecule has 13 nitrogen and oxygen atoms in total. The Hall–Kier alpha value is -3.32. The van der Waals surface area contributed by atoms with Gasteiger partial charge in [-0.25, -0.2) is 4.79 Å². The summed E-state index contributed by atoms with van der Waals surface area (Å²) in [6, 6.07) is -4.68. The van der Waals surface area contributed by atoms with Gasteiger partial charge in [0.2, 0.25) is 23.6 Å². The van der Waals surface area contributed by atoms with Gasteiger partial charge in [-0.3, -0.25) is 24.0 Å². The number of ether oxygens (including phenoxy) is 1. The molecule has 0 spiro atoms. The molecule has 13 heteroatoms. The molecule has 8 atom stereocenters. The predicted molar refractivity (Wildman–Crippen MR) is 204 cm³/mol. The van der Waals surface area contributed by atoms with E-state index in [0.717, 1.165) is 12.8 Å². The van der Waals surface area contributed by atoms with E-state index in [4.69, 9.17) is 4.74 Å². The number of carbonyl (C=O) groups excluding carboxylic acids is 6. The highest BCUT2D eigenvalue weighted by Gasteiger charge is 2.37. The number of esters is 1. The average Bonchev–Trinajstić information content (AvgIpc) is 3.08. The molecule has 0 aliphatic carbocycles. The number of aliphatic hydroxyl groups excluding tert-OH is 2. The van der Waals surface area contributed by atoms with E-state index in [-0.39, 0.29) is 37.0 Å². The molecule has 0 aromatic rings. The summed E-state index contributed by atoms with van der Waals surface area (Å²) in [5.74, 6) is -5.81. The first-order valence-corrected chi connectivity index (χ1v) is 19.9. The second kappa shape index (κ2) is 25.7. The van der Waals surface area contributed by atoms with Gasteiger partial charge in [-0.05, 0) is 69.6 Å². The molecule has 4 amide bonds. The van der Waals surface area contributed by atoms with Gasteiger partial charge in [-0.1, -0.05) is 86.3 Å². The molecule has 1 fully saturated rings. The number of allylic oxidation sites excluding steroid dienone is 2. The lowest BCUT2D eigenvalue weighted by Gasteiger charge is -2.29. The first-order valence-electron chi connectivity index (χ1n) is 19.9. The van der Waals surface area contributed by atoms with Gasteiger partial charge < -0.3 is 36.2 Å². The number of hydrogen-bond donors (Lipinski definition) is 6. The van der Waals surface area contributed by atoms with E-state index in [2.05, 4.69) is 40.3 Å². The summed E-state index contributed by atoms with van der Waals surface area (Å²) in [7, 11) is 0. The van der Waals surface area contributed by atoms with Crippen molar-refractivity contribution in [1.29, 1.82) is 0 Å². The minimum absolute atomic E-state index is 0.0414. The van der Waals surface area contributed by atoms with E-state index in [0.29, 0.717) is 25.7 Å². The second-order valence-electron chi connectivity index (χ2n) is 15.6. The summed E-state index contributed by atoms with van der Waals surface area (Å²) in [5, 5.41) is 31.4. The van der Waals surface area contributed by atoms with E-state index in [1.54, 1.807) is 6.92 Å². The van der Waals surface area contributed by atoms with Crippen molar-refractivity contribution in [2.75, 3.05) is 6.61 Å². The Kier molecular flexibility index (Phi) is 23.1. The highest BCUT2D eigenvalue weighted by Crippen LogP contribution is 2.19. The third kappa shape index (κ3) is 18.5. The third-order valence-corrected chi connectivity index (χ3v) is 9.68. The van der Waals surface area contributed by atoms with Crippen LogP contribution in [0.4, 0.5) is 0 Å². The summed E-state index contributed by atoms with van der Waals surface area (Å²) >= 11 is 0. The molecule has 0 aromatic heterocycles. The Morgan fingerprint density at radius 1 is 0.717 bits per heavy atom. The fraction of sp³-hybridized carbons (Fsp3) is 0.800. The van der Waals surface area contributed by atoms with Crippen LogP contribution in [0.3, 0.4) is 0 Å². The van der Waals surface area contributed by atoms with Gasteiger partial charge in [0.25, 0.3) is 0 Å².